The number of nitriles is 1. The summed E-state index contributed by atoms with van der Waals surface area (Å²) in [4.78, 5) is 3.60. The van der Waals surface area contributed by atoms with Crippen LogP contribution in [0.25, 0.3) is 0 Å². The summed E-state index contributed by atoms with van der Waals surface area (Å²) in [6, 6.07) is 4.60. The molecule has 1 heterocycles. The third-order valence-corrected chi connectivity index (χ3v) is 4.62. The lowest BCUT2D eigenvalue weighted by atomic mass is 10.0. The Kier molecular flexibility index (Phi) is 7.78. The molecule has 0 bridgehead atoms. The van der Waals surface area contributed by atoms with Gasteiger partial charge in [0, 0.05) is 37.5 Å². The van der Waals surface area contributed by atoms with Crippen molar-refractivity contribution in [2.75, 3.05) is 26.8 Å². The van der Waals surface area contributed by atoms with Gasteiger partial charge in [-0.15, -0.1) is 11.3 Å². The van der Waals surface area contributed by atoms with Crippen molar-refractivity contribution in [3.63, 3.8) is 0 Å². The van der Waals surface area contributed by atoms with Gasteiger partial charge in [-0.3, -0.25) is 4.90 Å². The summed E-state index contributed by atoms with van der Waals surface area (Å²) in [6.45, 7) is 6.42. The van der Waals surface area contributed by atoms with Gasteiger partial charge in [-0.1, -0.05) is 6.92 Å². The van der Waals surface area contributed by atoms with E-state index in [1.807, 2.05) is 0 Å². The number of nitrogens with zero attached hydrogens (tertiary/aromatic N) is 2. The van der Waals surface area contributed by atoms with Gasteiger partial charge in [-0.2, -0.15) is 5.26 Å². The van der Waals surface area contributed by atoms with Crippen molar-refractivity contribution in [3.8, 4) is 6.07 Å². The smallest absolute Gasteiger partial charge is 0.0635 e. The van der Waals surface area contributed by atoms with E-state index in [0.717, 1.165) is 19.5 Å². The zero-order valence-electron chi connectivity index (χ0n) is 12.6. The third kappa shape index (κ3) is 4.57. The molecule has 0 spiro atoms. The Morgan fingerprint density at radius 1 is 1.50 bits per heavy atom. The van der Waals surface area contributed by atoms with E-state index in [-0.39, 0.29) is 12.1 Å². The number of thiophene rings is 1. The first-order valence-electron chi connectivity index (χ1n) is 7.05. The zero-order chi connectivity index (χ0) is 15.0. The summed E-state index contributed by atoms with van der Waals surface area (Å²) in [5.41, 5.74) is 7.64. The molecule has 0 aliphatic rings. The molecule has 112 valence electrons. The topological polar surface area (TPSA) is 62.3 Å². The average Bonchev–Trinajstić information content (AvgIpc) is 2.87. The van der Waals surface area contributed by atoms with Crippen LogP contribution in [-0.4, -0.2) is 37.7 Å². The molecule has 0 saturated carbocycles. The van der Waals surface area contributed by atoms with Gasteiger partial charge >= 0.3 is 0 Å². The number of nitrogens with two attached hydrogens (primary N) is 1. The molecule has 1 aromatic rings. The normalized spacial score (nSPS) is 14.2. The molecule has 1 aromatic heterocycles. The van der Waals surface area contributed by atoms with E-state index in [9.17, 15) is 0 Å². The van der Waals surface area contributed by atoms with Gasteiger partial charge in [0.25, 0.3) is 0 Å². The summed E-state index contributed by atoms with van der Waals surface area (Å²) in [7, 11) is 1.70. The molecule has 0 aliphatic heterocycles. The number of rotatable bonds is 9. The van der Waals surface area contributed by atoms with Gasteiger partial charge in [0.2, 0.25) is 0 Å². The van der Waals surface area contributed by atoms with Crippen molar-refractivity contribution in [2.45, 2.75) is 38.8 Å². The van der Waals surface area contributed by atoms with Crippen LogP contribution in [0.15, 0.2) is 11.4 Å². The quantitative estimate of drug-likeness (QED) is 0.761. The number of hydrogen-bond acceptors (Lipinski definition) is 5. The van der Waals surface area contributed by atoms with Crippen LogP contribution >= 0.6 is 11.3 Å². The molecular weight excluding hydrogens is 270 g/mol. The van der Waals surface area contributed by atoms with E-state index in [4.69, 9.17) is 15.7 Å². The van der Waals surface area contributed by atoms with Crippen LogP contribution in [0.2, 0.25) is 0 Å². The number of methoxy groups -OCH3 is 1. The minimum atomic E-state index is 0.0721. The summed E-state index contributed by atoms with van der Waals surface area (Å²) >= 11 is 1.75. The highest BCUT2D eigenvalue weighted by molar-refractivity contribution is 7.10. The van der Waals surface area contributed by atoms with Gasteiger partial charge in [-0.05, 0) is 30.4 Å². The van der Waals surface area contributed by atoms with Crippen LogP contribution in [0.1, 0.15) is 36.2 Å². The monoisotopic (exact) mass is 295 g/mol. The molecule has 4 nitrogen and oxygen atoms in total. The molecule has 20 heavy (non-hydrogen) atoms. The van der Waals surface area contributed by atoms with Gasteiger partial charge in [-0.25, -0.2) is 0 Å². The molecule has 2 atom stereocenters. The average molecular weight is 295 g/mol. The van der Waals surface area contributed by atoms with Crippen LogP contribution in [0.5, 0.6) is 0 Å². The summed E-state index contributed by atoms with van der Waals surface area (Å²) in [6.07, 6.45) is 1.43. The maximum atomic E-state index is 8.87. The van der Waals surface area contributed by atoms with Crippen LogP contribution in [-0.2, 0) is 4.74 Å². The SMILES string of the molecule is CCC(N)C(c1sccc1C)N(CCC#N)CCOC. The Morgan fingerprint density at radius 3 is 2.75 bits per heavy atom. The van der Waals surface area contributed by atoms with E-state index in [0.29, 0.717) is 13.0 Å². The summed E-state index contributed by atoms with van der Waals surface area (Å²) < 4.78 is 5.20. The predicted molar refractivity (Wildman–Crippen MR) is 83.7 cm³/mol. The van der Waals surface area contributed by atoms with Crippen LogP contribution in [0.3, 0.4) is 0 Å². The van der Waals surface area contributed by atoms with E-state index in [1.54, 1.807) is 18.4 Å². The van der Waals surface area contributed by atoms with Gasteiger partial charge in [0.05, 0.1) is 18.7 Å². The molecule has 0 aromatic carbocycles. The van der Waals surface area contributed by atoms with Gasteiger partial charge in [0.15, 0.2) is 0 Å². The minimum absolute atomic E-state index is 0.0721. The number of hydrogen-bond donors (Lipinski definition) is 1. The molecule has 0 radical (unpaired) electrons. The molecular formula is C15H25N3OS. The number of ether oxygens (including phenoxy) is 1. The zero-order valence-corrected chi connectivity index (χ0v) is 13.4. The molecule has 1 rings (SSSR count). The highest BCUT2D eigenvalue weighted by atomic mass is 32.1. The molecule has 2 N–H and O–H groups in total. The first-order valence-corrected chi connectivity index (χ1v) is 7.93. The summed E-state index contributed by atoms with van der Waals surface area (Å²) in [5.74, 6) is 0. The predicted octanol–water partition coefficient (Wildman–Crippen LogP) is 2.70. The van der Waals surface area contributed by atoms with E-state index in [2.05, 4.69) is 36.3 Å². The fraction of sp³-hybridized carbons (Fsp3) is 0.667. The molecule has 0 amide bonds. The van der Waals surface area contributed by atoms with E-state index in [1.165, 1.54) is 10.4 Å². The number of aryl methyl sites for hydroxylation is 1. The van der Waals surface area contributed by atoms with Crippen LogP contribution < -0.4 is 5.73 Å². The second-order valence-electron chi connectivity index (χ2n) is 4.92. The largest absolute Gasteiger partial charge is 0.383 e. The lowest BCUT2D eigenvalue weighted by Crippen LogP contribution is -2.42. The molecule has 0 saturated heterocycles. The maximum absolute atomic E-state index is 8.87. The minimum Gasteiger partial charge on any atom is -0.383 e. The van der Waals surface area contributed by atoms with Crippen molar-refractivity contribution in [1.29, 1.82) is 5.26 Å². The first kappa shape index (κ1) is 17.1. The van der Waals surface area contributed by atoms with Crippen molar-refractivity contribution < 1.29 is 4.74 Å². The molecule has 0 fully saturated rings. The Hall–Kier alpha value is -0.930. The molecule has 0 aliphatic carbocycles. The van der Waals surface area contributed by atoms with Crippen molar-refractivity contribution in [1.82, 2.24) is 4.90 Å². The lowest BCUT2D eigenvalue weighted by Gasteiger charge is -2.34. The standard InChI is InChI=1S/C15H25N3OS/c1-4-13(17)14(15-12(2)6-11-20-15)18(8-5-7-16)9-10-19-3/h6,11,13-14H,4-5,8-10,17H2,1-3H3. The molecule has 2 unspecified atom stereocenters. The highest BCUT2D eigenvalue weighted by Crippen LogP contribution is 2.31. The Bertz CT molecular complexity index is 427. The Labute approximate surface area is 126 Å². The molecule has 5 heteroatoms. The third-order valence-electron chi connectivity index (χ3n) is 3.53. The Morgan fingerprint density at radius 2 is 2.25 bits per heavy atom. The van der Waals surface area contributed by atoms with Gasteiger partial charge < -0.3 is 10.5 Å². The van der Waals surface area contributed by atoms with Crippen molar-refractivity contribution in [3.05, 3.63) is 21.9 Å². The fourth-order valence-electron chi connectivity index (χ4n) is 2.33. The highest BCUT2D eigenvalue weighted by Gasteiger charge is 2.27. The fourth-order valence-corrected chi connectivity index (χ4v) is 3.47. The van der Waals surface area contributed by atoms with E-state index >= 15 is 0 Å². The van der Waals surface area contributed by atoms with E-state index < -0.39 is 0 Å². The Balaban J connectivity index is 2.98. The van der Waals surface area contributed by atoms with Crippen molar-refractivity contribution in [2.24, 2.45) is 5.73 Å². The second-order valence-corrected chi connectivity index (χ2v) is 5.87. The van der Waals surface area contributed by atoms with Crippen molar-refractivity contribution >= 4 is 11.3 Å². The second kappa shape index (κ2) is 9.09. The van der Waals surface area contributed by atoms with Crippen LogP contribution in [0, 0.1) is 18.3 Å². The maximum Gasteiger partial charge on any atom is 0.0635 e. The summed E-state index contributed by atoms with van der Waals surface area (Å²) in [5, 5.41) is 11.0. The lowest BCUT2D eigenvalue weighted by molar-refractivity contribution is 0.110. The first-order chi connectivity index (χ1) is 9.65. The van der Waals surface area contributed by atoms with Crippen LogP contribution in [0.4, 0.5) is 0 Å². The van der Waals surface area contributed by atoms with Gasteiger partial charge in [0.1, 0.15) is 0 Å².